The van der Waals surface area contributed by atoms with Gasteiger partial charge < -0.3 is 4.74 Å². The molecule has 64 valence electrons. The van der Waals surface area contributed by atoms with E-state index in [9.17, 15) is 4.79 Å². The zero-order valence-corrected chi connectivity index (χ0v) is 6.79. The van der Waals surface area contributed by atoms with Gasteiger partial charge in [0.15, 0.2) is 0 Å². The zero-order chi connectivity index (χ0) is 8.27. The molecule has 0 aromatic heterocycles. The third-order valence-electron chi connectivity index (χ3n) is 1.85. The maximum absolute atomic E-state index is 11.1. The van der Waals surface area contributed by atoms with Gasteiger partial charge in [-0.25, -0.2) is 5.48 Å². The summed E-state index contributed by atoms with van der Waals surface area (Å²) in [6, 6.07) is 0. The highest BCUT2D eigenvalue weighted by atomic mass is 16.6. The molecule has 11 heavy (non-hydrogen) atoms. The zero-order valence-electron chi connectivity index (χ0n) is 6.79. The molecule has 1 rings (SSSR count). The lowest BCUT2D eigenvalue weighted by Crippen LogP contribution is -2.36. The van der Waals surface area contributed by atoms with Crippen LogP contribution in [0.15, 0.2) is 0 Å². The highest BCUT2D eigenvalue weighted by molar-refractivity contribution is 5.80. The molecule has 1 aliphatic rings. The third-order valence-corrected chi connectivity index (χ3v) is 1.85. The van der Waals surface area contributed by atoms with E-state index in [0.717, 1.165) is 6.42 Å². The number of carbonyl (C=O) groups is 1. The normalized spacial score (nSPS) is 30.4. The van der Waals surface area contributed by atoms with E-state index in [1.165, 1.54) is 7.11 Å². The Morgan fingerprint density at radius 1 is 1.73 bits per heavy atom. The Hall–Kier alpha value is -0.610. The Kier molecular flexibility index (Phi) is 2.84. The molecule has 0 saturated carbocycles. The summed E-state index contributed by atoms with van der Waals surface area (Å²) in [6.45, 7) is 2.66. The van der Waals surface area contributed by atoms with Crippen molar-refractivity contribution in [2.45, 2.75) is 19.4 Å². The van der Waals surface area contributed by atoms with Gasteiger partial charge in [-0.2, -0.15) is 0 Å². The molecule has 0 aromatic carbocycles. The monoisotopic (exact) mass is 159 g/mol. The van der Waals surface area contributed by atoms with Gasteiger partial charge >= 0.3 is 0 Å². The Labute approximate surface area is 65.8 Å². The van der Waals surface area contributed by atoms with Gasteiger partial charge in [0.25, 0.3) is 5.91 Å². The number of amides is 1. The van der Waals surface area contributed by atoms with Gasteiger partial charge in [-0.15, -0.1) is 0 Å². The fraction of sp³-hybridized carbons (Fsp3) is 0.857. The summed E-state index contributed by atoms with van der Waals surface area (Å²) < 4.78 is 5.19. The van der Waals surface area contributed by atoms with Crippen LogP contribution in [0.25, 0.3) is 0 Å². The van der Waals surface area contributed by atoms with E-state index in [1.54, 1.807) is 0 Å². The van der Waals surface area contributed by atoms with Gasteiger partial charge in [-0.1, -0.05) is 6.92 Å². The van der Waals surface area contributed by atoms with Crippen molar-refractivity contribution in [2.24, 2.45) is 5.92 Å². The second kappa shape index (κ2) is 3.69. The summed E-state index contributed by atoms with van der Waals surface area (Å²) in [6.07, 6.45) is 0.622. The summed E-state index contributed by atoms with van der Waals surface area (Å²) in [4.78, 5) is 15.6. The van der Waals surface area contributed by atoms with Crippen molar-refractivity contribution in [3.8, 4) is 0 Å². The predicted octanol–water partition coefficient (Wildman–Crippen LogP) is 0.0890. The Bertz CT molecular complexity index is 149. The van der Waals surface area contributed by atoms with E-state index in [0.29, 0.717) is 12.5 Å². The molecule has 1 amide bonds. The summed E-state index contributed by atoms with van der Waals surface area (Å²) in [5.74, 6) is 0.114. The lowest BCUT2D eigenvalue weighted by atomic mass is 10.0. The van der Waals surface area contributed by atoms with Crippen LogP contribution in [-0.4, -0.2) is 25.7 Å². The second-order valence-electron chi connectivity index (χ2n) is 2.73. The van der Waals surface area contributed by atoms with Gasteiger partial charge in [-0.3, -0.25) is 9.63 Å². The Balaban J connectivity index is 2.39. The van der Waals surface area contributed by atoms with E-state index >= 15 is 0 Å². The molecular formula is C7H13NO3. The lowest BCUT2D eigenvalue weighted by Gasteiger charge is -2.12. The van der Waals surface area contributed by atoms with Crippen LogP contribution in [0, 0.1) is 5.92 Å². The van der Waals surface area contributed by atoms with Crippen LogP contribution in [0.3, 0.4) is 0 Å². The van der Waals surface area contributed by atoms with E-state index < -0.39 is 0 Å². The van der Waals surface area contributed by atoms with E-state index in [1.807, 2.05) is 6.92 Å². The number of hydrogen-bond donors (Lipinski definition) is 1. The van der Waals surface area contributed by atoms with Crippen molar-refractivity contribution >= 4 is 5.91 Å². The van der Waals surface area contributed by atoms with Crippen LogP contribution in [0.5, 0.6) is 0 Å². The Morgan fingerprint density at radius 2 is 2.45 bits per heavy atom. The summed E-state index contributed by atoms with van der Waals surface area (Å²) in [5, 5.41) is 0. The summed E-state index contributed by atoms with van der Waals surface area (Å²) >= 11 is 0. The average molecular weight is 159 g/mol. The van der Waals surface area contributed by atoms with Crippen LogP contribution in [0.4, 0.5) is 0 Å². The fourth-order valence-electron chi connectivity index (χ4n) is 1.19. The quantitative estimate of drug-likeness (QED) is 0.581. The molecule has 0 aromatic rings. The third kappa shape index (κ3) is 1.91. The molecule has 0 bridgehead atoms. The average Bonchev–Trinajstić information content (AvgIpc) is 2.36. The molecule has 1 saturated heterocycles. The highest BCUT2D eigenvalue weighted by Gasteiger charge is 2.30. The molecule has 2 unspecified atom stereocenters. The first-order chi connectivity index (χ1) is 5.25. The van der Waals surface area contributed by atoms with Crippen LogP contribution < -0.4 is 5.48 Å². The van der Waals surface area contributed by atoms with Crippen LogP contribution in [0.2, 0.25) is 0 Å². The molecule has 4 heteroatoms. The molecule has 1 heterocycles. The van der Waals surface area contributed by atoms with Crippen molar-refractivity contribution in [1.82, 2.24) is 5.48 Å². The van der Waals surface area contributed by atoms with E-state index in [-0.39, 0.29) is 12.0 Å². The van der Waals surface area contributed by atoms with Gasteiger partial charge in [0.1, 0.15) is 6.10 Å². The molecule has 1 N–H and O–H groups in total. The number of nitrogens with one attached hydrogen (secondary N) is 1. The lowest BCUT2D eigenvalue weighted by molar-refractivity contribution is -0.142. The van der Waals surface area contributed by atoms with E-state index in [4.69, 9.17) is 4.74 Å². The number of hydroxylamine groups is 1. The molecule has 2 atom stereocenters. The summed E-state index contributed by atoms with van der Waals surface area (Å²) in [7, 11) is 1.41. The molecule has 0 spiro atoms. The number of ether oxygens (including phenoxy) is 1. The SMILES string of the molecule is CONC(=O)C1OCCC1C. The molecule has 0 aliphatic carbocycles. The van der Waals surface area contributed by atoms with Crippen molar-refractivity contribution < 1.29 is 14.4 Å². The molecule has 1 aliphatic heterocycles. The van der Waals surface area contributed by atoms with Crippen LogP contribution >= 0.6 is 0 Å². The smallest absolute Gasteiger partial charge is 0.272 e. The van der Waals surface area contributed by atoms with Gasteiger partial charge in [0, 0.05) is 6.61 Å². The first kappa shape index (κ1) is 8.49. The maximum atomic E-state index is 11.1. The minimum absolute atomic E-state index is 0.183. The number of carbonyl (C=O) groups excluding carboxylic acids is 1. The minimum atomic E-state index is -0.324. The summed E-state index contributed by atoms with van der Waals surface area (Å²) in [5.41, 5.74) is 2.25. The molecule has 1 fully saturated rings. The van der Waals surface area contributed by atoms with E-state index in [2.05, 4.69) is 10.3 Å². The van der Waals surface area contributed by atoms with Crippen molar-refractivity contribution in [3.63, 3.8) is 0 Å². The highest BCUT2D eigenvalue weighted by Crippen LogP contribution is 2.19. The molecule has 0 radical (unpaired) electrons. The number of hydrogen-bond acceptors (Lipinski definition) is 3. The van der Waals surface area contributed by atoms with Gasteiger partial charge in [0.2, 0.25) is 0 Å². The second-order valence-corrected chi connectivity index (χ2v) is 2.73. The standard InChI is InChI=1S/C7H13NO3/c1-5-3-4-11-6(5)7(9)8-10-2/h5-6H,3-4H2,1-2H3,(H,8,9). The largest absolute Gasteiger partial charge is 0.368 e. The molecular weight excluding hydrogens is 146 g/mol. The maximum Gasteiger partial charge on any atom is 0.272 e. The van der Waals surface area contributed by atoms with Crippen LogP contribution in [-0.2, 0) is 14.4 Å². The first-order valence-corrected chi connectivity index (χ1v) is 3.70. The fourth-order valence-corrected chi connectivity index (χ4v) is 1.19. The van der Waals surface area contributed by atoms with Crippen LogP contribution in [0.1, 0.15) is 13.3 Å². The topological polar surface area (TPSA) is 47.6 Å². The predicted molar refractivity (Wildman–Crippen MR) is 38.7 cm³/mol. The molecule has 4 nitrogen and oxygen atoms in total. The minimum Gasteiger partial charge on any atom is -0.368 e. The van der Waals surface area contributed by atoms with Crippen molar-refractivity contribution in [3.05, 3.63) is 0 Å². The van der Waals surface area contributed by atoms with Crippen molar-refractivity contribution in [1.29, 1.82) is 0 Å². The first-order valence-electron chi connectivity index (χ1n) is 3.70. The van der Waals surface area contributed by atoms with Gasteiger partial charge in [-0.05, 0) is 12.3 Å². The van der Waals surface area contributed by atoms with Crippen molar-refractivity contribution in [2.75, 3.05) is 13.7 Å². The van der Waals surface area contributed by atoms with Gasteiger partial charge in [0.05, 0.1) is 7.11 Å². The number of rotatable bonds is 2. The Morgan fingerprint density at radius 3 is 2.91 bits per heavy atom.